The van der Waals surface area contributed by atoms with E-state index in [2.05, 4.69) is 84.9 Å². The predicted octanol–water partition coefficient (Wildman–Crippen LogP) is 4.66. The summed E-state index contributed by atoms with van der Waals surface area (Å²) in [5.74, 6) is 0. The molecule has 142 valence electrons. The van der Waals surface area contributed by atoms with E-state index in [1.807, 2.05) is 0 Å². The number of carbonyl (C=O) groups excluding carboxylic acids is 1. The Morgan fingerprint density at radius 3 is 1.21 bits per heavy atom. The van der Waals surface area contributed by atoms with Crippen molar-refractivity contribution in [2.24, 2.45) is 0 Å². The Balaban J connectivity index is 3.73. The molecule has 10 heteroatoms. The van der Waals surface area contributed by atoms with E-state index in [0.717, 1.165) is 0 Å². The van der Waals surface area contributed by atoms with Crippen molar-refractivity contribution in [3.05, 3.63) is 0 Å². The molecule has 0 aromatic heterocycles. The van der Waals surface area contributed by atoms with Crippen molar-refractivity contribution in [1.82, 2.24) is 6.38 Å². The summed E-state index contributed by atoms with van der Waals surface area (Å²) in [5, 5.41) is 0.262. The third kappa shape index (κ3) is 4.97. The summed E-state index contributed by atoms with van der Waals surface area (Å²) in [4.78, 5) is 12.5. The first-order valence-electron chi connectivity index (χ1n) is 8.80. The van der Waals surface area contributed by atoms with Gasteiger partial charge in [-0.3, -0.25) is 0 Å². The summed E-state index contributed by atoms with van der Waals surface area (Å²) < 4.78 is 12.5. The van der Waals surface area contributed by atoms with Crippen LogP contribution in [-0.4, -0.2) is 63.9 Å². The molecule has 0 unspecified atom stereocenters. The topological polar surface area (TPSA) is 32.8 Å². The Morgan fingerprint density at radius 1 is 0.750 bits per heavy atom. The van der Waals surface area contributed by atoms with Crippen LogP contribution in [0.1, 0.15) is 0 Å². The van der Waals surface area contributed by atoms with Gasteiger partial charge in [-0.1, -0.05) is 0 Å². The third-order valence-electron chi connectivity index (χ3n) is 3.87. The minimum absolute atomic E-state index is 0.262. The van der Waals surface area contributed by atoms with E-state index in [4.69, 9.17) is 3.76 Å². The SMILES string of the molecule is C[Si](C)(C)[N]([Si](C)(C)C)[Ge]1([N]([Si](C)(C)C)[Si](C)(C)C)[O]CC(=O)[S]1. The molecule has 1 saturated heterocycles. The van der Waals surface area contributed by atoms with Gasteiger partial charge in [-0.05, 0) is 0 Å². The van der Waals surface area contributed by atoms with E-state index in [0.29, 0.717) is 6.61 Å². The number of nitrogens with zero attached hydrogens (tertiary/aromatic N) is 2. The van der Waals surface area contributed by atoms with E-state index in [-0.39, 0.29) is 5.12 Å². The van der Waals surface area contributed by atoms with Crippen molar-refractivity contribution in [3.8, 4) is 0 Å². The zero-order chi connectivity index (χ0) is 19.4. The van der Waals surface area contributed by atoms with Crippen LogP contribution >= 0.6 is 10.1 Å². The molecule has 0 aromatic rings. The average molecular weight is 483 g/mol. The van der Waals surface area contributed by atoms with Gasteiger partial charge in [0.2, 0.25) is 0 Å². The molecule has 24 heavy (non-hydrogen) atoms. The van der Waals surface area contributed by atoms with Crippen molar-refractivity contribution >= 4 is 61.0 Å². The van der Waals surface area contributed by atoms with Gasteiger partial charge in [-0.15, -0.1) is 0 Å². The molecular formula is C14H38GeN2O2SSi4. The molecule has 1 heterocycles. The second-order valence-corrected chi connectivity index (χ2v) is 44.0. The number of carbonyl (C=O) groups is 1. The van der Waals surface area contributed by atoms with Gasteiger partial charge in [-0.2, -0.15) is 0 Å². The van der Waals surface area contributed by atoms with Crippen molar-refractivity contribution in [2.45, 2.75) is 78.6 Å². The molecule has 0 atom stereocenters. The van der Waals surface area contributed by atoms with E-state index in [1.54, 1.807) is 10.1 Å². The molecular weight excluding hydrogens is 445 g/mol. The van der Waals surface area contributed by atoms with Gasteiger partial charge in [0.15, 0.2) is 0 Å². The molecule has 1 rings (SSSR count). The fourth-order valence-corrected chi connectivity index (χ4v) is 77.2. The quantitative estimate of drug-likeness (QED) is 0.514. The molecule has 0 spiro atoms. The monoisotopic (exact) mass is 484 g/mol. The van der Waals surface area contributed by atoms with Crippen molar-refractivity contribution in [3.63, 3.8) is 0 Å². The molecule has 0 aliphatic carbocycles. The van der Waals surface area contributed by atoms with Crippen LogP contribution in [0.25, 0.3) is 0 Å². The molecule has 0 N–H and O–H groups in total. The van der Waals surface area contributed by atoms with Gasteiger partial charge in [0.1, 0.15) is 0 Å². The summed E-state index contributed by atoms with van der Waals surface area (Å²) in [5.41, 5.74) is 0. The van der Waals surface area contributed by atoms with Crippen LogP contribution in [0.4, 0.5) is 0 Å². The first-order valence-corrected chi connectivity index (χ1v) is 28.7. The van der Waals surface area contributed by atoms with Crippen molar-refractivity contribution < 1.29 is 8.56 Å². The number of rotatable bonds is 6. The fraction of sp³-hybridized carbons (Fsp3) is 0.929. The number of hydrogen-bond donors (Lipinski definition) is 0. The Hall–Kier alpha value is 1.31. The van der Waals surface area contributed by atoms with Crippen LogP contribution in [0.2, 0.25) is 78.6 Å². The van der Waals surface area contributed by atoms with Gasteiger partial charge in [0.25, 0.3) is 0 Å². The average Bonchev–Trinajstić information content (AvgIpc) is 2.49. The Labute approximate surface area is 160 Å². The van der Waals surface area contributed by atoms with Crippen LogP contribution in [-0.2, 0) is 8.56 Å². The standard InChI is InChI=1S/C14H38GeN2O2SSi4/c1-21(2,3)16(22(4,5)6)15(19-13-14(18)20-15)17(23(7,8)9)24(10,11)12/h13H2,1-12H3. The Bertz CT molecular complexity index is 435. The maximum absolute atomic E-state index is 12.5. The summed E-state index contributed by atoms with van der Waals surface area (Å²) in [6.45, 7) is 29.6. The molecule has 0 bridgehead atoms. The van der Waals surface area contributed by atoms with E-state index in [1.165, 1.54) is 0 Å². The first-order chi connectivity index (χ1) is 10.3. The fourth-order valence-electron chi connectivity index (χ4n) is 4.39. The molecule has 4 nitrogen and oxygen atoms in total. The molecule has 1 fully saturated rings. The third-order valence-corrected chi connectivity index (χ3v) is 53.5. The van der Waals surface area contributed by atoms with Crippen LogP contribution < -0.4 is 0 Å². The maximum atomic E-state index is 12.5. The van der Waals surface area contributed by atoms with Crippen LogP contribution in [0.5, 0.6) is 0 Å². The molecule has 0 saturated carbocycles. The molecule has 1 aliphatic heterocycles. The summed E-state index contributed by atoms with van der Waals surface area (Å²) >= 11 is -3.19. The van der Waals surface area contributed by atoms with Crippen molar-refractivity contribution in [1.29, 1.82) is 0 Å². The summed E-state index contributed by atoms with van der Waals surface area (Å²) in [6, 6.07) is 0. The van der Waals surface area contributed by atoms with Crippen LogP contribution in [0.15, 0.2) is 0 Å². The van der Waals surface area contributed by atoms with Gasteiger partial charge in [-0.25, -0.2) is 0 Å². The van der Waals surface area contributed by atoms with Gasteiger partial charge < -0.3 is 0 Å². The van der Waals surface area contributed by atoms with Crippen LogP contribution in [0.3, 0.4) is 0 Å². The summed E-state index contributed by atoms with van der Waals surface area (Å²) in [7, 11) is -4.85. The molecule has 1 aliphatic rings. The Morgan fingerprint density at radius 2 is 1.04 bits per heavy atom. The van der Waals surface area contributed by atoms with E-state index < -0.39 is 45.8 Å². The molecule has 0 amide bonds. The molecule has 0 radical (unpaired) electrons. The zero-order valence-electron chi connectivity index (χ0n) is 17.8. The Kier molecular flexibility index (Phi) is 6.85. The zero-order valence-corrected chi connectivity index (χ0v) is 24.7. The first kappa shape index (κ1) is 23.3. The second-order valence-electron chi connectivity index (χ2n) is 10.7. The van der Waals surface area contributed by atoms with E-state index >= 15 is 0 Å². The van der Waals surface area contributed by atoms with Gasteiger partial charge in [0.05, 0.1) is 0 Å². The van der Waals surface area contributed by atoms with Gasteiger partial charge in [0, 0.05) is 0 Å². The molecule has 0 aromatic carbocycles. The normalized spacial score (nSPS) is 20.3. The number of hydrogen-bond acceptors (Lipinski definition) is 5. The predicted molar refractivity (Wildman–Crippen MR) is 121 cm³/mol. The minimum atomic E-state index is -3.19. The summed E-state index contributed by atoms with van der Waals surface area (Å²) in [6.07, 6.45) is 0. The van der Waals surface area contributed by atoms with Gasteiger partial charge >= 0.3 is 161 Å². The van der Waals surface area contributed by atoms with Crippen molar-refractivity contribution in [2.75, 3.05) is 6.61 Å². The second kappa shape index (κ2) is 7.04. The van der Waals surface area contributed by atoms with Crippen LogP contribution in [0, 0.1) is 0 Å². The van der Waals surface area contributed by atoms with E-state index in [9.17, 15) is 4.79 Å².